The van der Waals surface area contributed by atoms with Gasteiger partial charge >= 0.3 is 0 Å². The zero-order chi connectivity index (χ0) is 18.8. The molecule has 0 saturated heterocycles. The van der Waals surface area contributed by atoms with Gasteiger partial charge in [-0.2, -0.15) is 5.10 Å². The molecule has 0 fully saturated rings. The van der Waals surface area contributed by atoms with Crippen LogP contribution in [0.1, 0.15) is 16.1 Å². The molecule has 0 atom stereocenters. The maximum absolute atomic E-state index is 11.9. The number of benzene rings is 2. The molecule has 0 aliphatic heterocycles. The smallest absolute Gasteiger partial charge is 0.273 e. The van der Waals surface area contributed by atoms with E-state index in [1.807, 2.05) is 12.1 Å². The summed E-state index contributed by atoms with van der Waals surface area (Å²) in [7, 11) is 1.53. The highest BCUT2D eigenvalue weighted by molar-refractivity contribution is 6.67. The molecule has 0 bridgehead atoms. The van der Waals surface area contributed by atoms with E-state index in [-0.39, 0.29) is 12.3 Å². The number of rotatable bonds is 5. The molecule has 26 heavy (non-hydrogen) atoms. The van der Waals surface area contributed by atoms with Gasteiger partial charge in [-0.3, -0.25) is 4.79 Å². The molecule has 4 nitrogen and oxygen atoms in total. The van der Waals surface area contributed by atoms with Crippen LogP contribution in [0.25, 0.3) is 16.9 Å². The maximum atomic E-state index is 11.9. The summed E-state index contributed by atoms with van der Waals surface area (Å²) in [6.07, 6.45) is 0. The van der Waals surface area contributed by atoms with Crippen LogP contribution in [-0.4, -0.2) is 22.1 Å². The first-order valence-electron chi connectivity index (χ1n) is 7.44. The number of aromatic nitrogens is 2. The highest BCUT2D eigenvalue weighted by Crippen LogP contribution is 2.34. The zero-order valence-electron chi connectivity index (χ0n) is 13.5. The molecule has 8 heteroatoms. The van der Waals surface area contributed by atoms with Crippen LogP contribution >= 0.6 is 46.4 Å². The van der Waals surface area contributed by atoms with Crippen LogP contribution in [0, 0.1) is 0 Å². The molecule has 0 saturated carbocycles. The van der Waals surface area contributed by atoms with Crippen LogP contribution in [0.2, 0.25) is 15.1 Å². The van der Waals surface area contributed by atoms with E-state index in [2.05, 4.69) is 5.10 Å². The highest BCUT2D eigenvalue weighted by Gasteiger charge is 2.24. The average molecular weight is 430 g/mol. The molecule has 1 aromatic heterocycles. The van der Waals surface area contributed by atoms with Crippen molar-refractivity contribution in [2.75, 3.05) is 7.11 Å². The summed E-state index contributed by atoms with van der Waals surface area (Å²) in [6, 6.07) is 12.1. The van der Waals surface area contributed by atoms with Crippen LogP contribution in [0.15, 0.2) is 42.5 Å². The van der Waals surface area contributed by atoms with Gasteiger partial charge in [0.25, 0.3) is 5.24 Å². The van der Waals surface area contributed by atoms with Gasteiger partial charge in [0.05, 0.1) is 23.0 Å². The Balaban J connectivity index is 2.33. The Bertz CT molecular complexity index is 968. The summed E-state index contributed by atoms with van der Waals surface area (Å²) in [5.74, 6) is 0. The van der Waals surface area contributed by atoms with E-state index in [1.165, 1.54) is 7.11 Å². The van der Waals surface area contributed by atoms with Crippen LogP contribution in [0.4, 0.5) is 0 Å². The molecule has 3 rings (SSSR count). The van der Waals surface area contributed by atoms with Crippen molar-refractivity contribution in [1.29, 1.82) is 0 Å². The minimum atomic E-state index is -0.684. The second-order valence-electron chi connectivity index (χ2n) is 5.40. The largest absolute Gasteiger partial charge is 0.380 e. The molecule has 0 spiro atoms. The van der Waals surface area contributed by atoms with Crippen LogP contribution in [-0.2, 0) is 11.3 Å². The quantitative estimate of drug-likeness (QED) is 0.465. The molecule has 0 radical (unpaired) electrons. The fourth-order valence-corrected chi connectivity index (χ4v) is 3.39. The van der Waals surface area contributed by atoms with Gasteiger partial charge in [-0.1, -0.05) is 46.9 Å². The predicted molar refractivity (Wildman–Crippen MR) is 105 cm³/mol. The lowest BCUT2D eigenvalue weighted by molar-refractivity contribution is 0.107. The van der Waals surface area contributed by atoms with Gasteiger partial charge in [0.1, 0.15) is 0 Å². The van der Waals surface area contributed by atoms with Gasteiger partial charge in [0, 0.05) is 28.3 Å². The number of hydrogen-bond acceptors (Lipinski definition) is 3. The molecule has 3 aromatic rings. The lowest BCUT2D eigenvalue weighted by atomic mass is 10.1. The third-order valence-corrected chi connectivity index (χ3v) is 4.68. The van der Waals surface area contributed by atoms with Crippen LogP contribution in [0.3, 0.4) is 0 Å². The standard InChI is InChI=1S/C18H12Cl4N2O2/c1-26-9-13-16(18(22)25)23-24(15-7-6-12(20)8-14(15)21)17(13)10-2-4-11(19)5-3-10/h2-8H,9H2,1H3. The molecule has 134 valence electrons. The van der Waals surface area contributed by atoms with E-state index in [0.717, 1.165) is 5.56 Å². The number of carbonyl (C=O) groups excluding carboxylic acids is 1. The average Bonchev–Trinajstić information content (AvgIpc) is 2.95. The van der Waals surface area contributed by atoms with E-state index >= 15 is 0 Å². The van der Waals surface area contributed by atoms with Crippen molar-refractivity contribution in [3.05, 3.63) is 68.8 Å². The lowest BCUT2D eigenvalue weighted by Crippen LogP contribution is -2.01. The highest BCUT2D eigenvalue weighted by atomic mass is 35.5. The normalized spacial score (nSPS) is 11.0. The van der Waals surface area contributed by atoms with E-state index in [9.17, 15) is 4.79 Å². The molecule has 0 unspecified atom stereocenters. The van der Waals surface area contributed by atoms with Crippen molar-refractivity contribution >= 4 is 51.6 Å². The number of methoxy groups -OCH3 is 1. The lowest BCUT2D eigenvalue weighted by Gasteiger charge is -2.12. The minimum Gasteiger partial charge on any atom is -0.380 e. The molecular weight excluding hydrogens is 418 g/mol. The van der Waals surface area contributed by atoms with E-state index in [0.29, 0.717) is 32.0 Å². The molecule has 0 aliphatic rings. The van der Waals surface area contributed by atoms with Crippen molar-refractivity contribution in [2.24, 2.45) is 0 Å². The van der Waals surface area contributed by atoms with Crippen molar-refractivity contribution in [1.82, 2.24) is 9.78 Å². The number of nitrogens with zero attached hydrogens (tertiary/aromatic N) is 2. The van der Waals surface area contributed by atoms with E-state index < -0.39 is 5.24 Å². The Hall–Kier alpha value is -1.56. The van der Waals surface area contributed by atoms with Gasteiger partial charge in [-0.05, 0) is 41.9 Å². The fourth-order valence-electron chi connectivity index (χ4n) is 2.62. The predicted octanol–water partition coefficient (Wildman–Crippen LogP) is 6.02. The van der Waals surface area contributed by atoms with Gasteiger partial charge < -0.3 is 4.74 Å². The van der Waals surface area contributed by atoms with Crippen molar-refractivity contribution in [3.8, 4) is 16.9 Å². The number of hydrogen-bond donors (Lipinski definition) is 0. The summed E-state index contributed by atoms with van der Waals surface area (Å²) in [5.41, 5.74) is 2.63. The van der Waals surface area contributed by atoms with E-state index in [1.54, 1.807) is 35.0 Å². The molecule has 1 heterocycles. The number of carbonyl (C=O) groups is 1. The number of halogens is 4. The number of ether oxygens (including phenoxy) is 1. The SMILES string of the molecule is COCc1c(C(=O)Cl)nn(-c2ccc(Cl)cc2Cl)c1-c1ccc(Cl)cc1. The van der Waals surface area contributed by atoms with Gasteiger partial charge in [0.15, 0.2) is 5.69 Å². The first kappa shape index (κ1) is 19.2. The monoisotopic (exact) mass is 428 g/mol. The third kappa shape index (κ3) is 3.75. The van der Waals surface area contributed by atoms with Gasteiger partial charge in [0.2, 0.25) is 0 Å². The van der Waals surface area contributed by atoms with Gasteiger partial charge in [-0.15, -0.1) is 0 Å². The Morgan fingerprint density at radius 1 is 1.08 bits per heavy atom. The Morgan fingerprint density at radius 3 is 2.31 bits per heavy atom. The topological polar surface area (TPSA) is 44.1 Å². The molecule has 2 aromatic carbocycles. The Morgan fingerprint density at radius 2 is 1.73 bits per heavy atom. The zero-order valence-corrected chi connectivity index (χ0v) is 16.5. The molecular formula is C18H12Cl4N2O2. The summed E-state index contributed by atoms with van der Waals surface area (Å²) in [4.78, 5) is 11.9. The fraction of sp³-hybridized carbons (Fsp3) is 0.111. The molecule has 0 aliphatic carbocycles. The third-order valence-electron chi connectivity index (χ3n) is 3.71. The maximum Gasteiger partial charge on any atom is 0.273 e. The molecule has 0 N–H and O–H groups in total. The summed E-state index contributed by atoms with van der Waals surface area (Å²) in [5, 5.41) is 5.16. The minimum absolute atomic E-state index is 0.101. The van der Waals surface area contributed by atoms with E-state index in [4.69, 9.17) is 51.1 Å². The first-order valence-corrected chi connectivity index (χ1v) is 8.95. The van der Waals surface area contributed by atoms with Crippen molar-refractivity contribution < 1.29 is 9.53 Å². The summed E-state index contributed by atoms with van der Waals surface area (Å²) < 4.78 is 6.82. The van der Waals surface area contributed by atoms with Crippen LogP contribution < -0.4 is 0 Å². The second kappa shape index (κ2) is 7.99. The summed E-state index contributed by atoms with van der Waals surface area (Å²) >= 11 is 24.1. The Kier molecular flexibility index (Phi) is 5.90. The summed E-state index contributed by atoms with van der Waals surface area (Å²) in [6.45, 7) is 0.150. The van der Waals surface area contributed by atoms with Gasteiger partial charge in [-0.25, -0.2) is 4.68 Å². The first-order chi connectivity index (χ1) is 12.4. The second-order valence-corrected chi connectivity index (χ2v) is 7.02. The molecule has 0 amide bonds. The van der Waals surface area contributed by atoms with Crippen molar-refractivity contribution in [3.63, 3.8) is 0 Å². The van der Waals surface area contributed by atoms with Crippen molar-refractivity contribution in [2.45, 2.75) is 6.61 Å². The Labute approximate surface area is 170 Å². The van der Waals surface area contributed by atoms with Crippen LogP contribution in [0.5, 0.6) is 0 Å².